The number of carbonyl (C=O) groups excluding carboxylic acids is 3. The van der Waals surface area contributed by atoms with Crippen molar-refractivity contribution in [1.82, 2.24) is 4.90 Å². The molecule has 3 unspecified atom stereocenters. The van der Waals surface area contributed by atoms with Gasteiger partial charge in [-0.1, -0.05) is 27.5 Å². The number of Topliss-reactive ketones (excluding diaryl/α,β-unsaturated/α-hetero) is 1. The lowest BCUT2D eigenvalue weighted by atomic mass is 9.80. The number of methoxy groups -OCH3 is 1. The molecule has 0 spiro atoms. The summed E-state index contributed by atoms with van der Waals surface area (Å²) in [6.45, 7) is -0.0867. The number of rotatable bonds is 5. The number of fused-ring (bicyclic) bond motifs is 1. The van der Waals surface area contributed by atoms with E-state index in [1.165, 1.54) is 4.90 Å². The topological polar surface area (TPSA) is 66.9 Å². The molecule has 1 saturated heterocycles. The fourth-order valence-electron chi connectivity index (χ4n) is 4.31. The molecule has 2 aromatic rings. The first-order valence-electron chi connectivity index (χ1n) is 10.1. The summed E-state index contributed by atoms with van der Waals surface area (Å²) in [7, 11) is 1.56. The van der Waals surface area contributed by atoms with Gasteiger partial charge < -0.3 is 9.64 Å². The van der Waals surface area contributed by atoms with E-state index in [-0.39, 0.29) is 35.0 Å². The van der Waals surface area contributed by atoms with Gasteiger partial charge in [-0.15, -0.1) is 0 Å². The molecule has 0 aromatic heterocycles. The van der Waals surface area contributed by atoms with E-state index in [1.54, 1.807) is 60.5 Å². The van der Waals surface area contributed by atoms with Gasteiger partial charge in [-0.3, -0.25) is 9.59 Å². The van der Waals surface area contributed by atoms with E-state index in [1.807, 2.05) is 0 Å². The summed E-state index contributed by atoms with van der Waals surface area (Å²) in [5.41, 5.74) is 0.950. The number of hydrogen-bond acceptors (Lipinski definition) is 4. The van der Waals surface area contributed by atoms with Crippen LogP contribution in [0.15, 0.2) is 48.5 Å². The fourth-order valence-corrected chi connectivity index (χ4v) is 5.10. The smallest absolute Gasteiger partial charge is 0.332 e. The maximum absolute atomic E-state index is 13.4. The monoisotopic (exact) mass is 504 g/mol. The number of urea groups is 1. The van der Waals surface area contributed by atoms with Gasteiger partial charge in [0.05, 0.1) is 25.3 Å². The molecule has 0 radical (unpaired) electrons. The Balaban J connectivity index is 1.65. The lowest BCUT2D eigenvalue weighted by Crippen LogP contribution is -2.64. The standard InChI is InChI=1S/C23H22BrClN2O4/c1-31-18-9-2-14(3-10-18)21(28)13-26-20-11-4-15(24)12-19(20)22(29)27(23(26)30)17-7-5-16(25)6-8-17/h2-3,5-10,15,19-20H,4,11-13H2,1H3. The second-order valence-corrected chi connectivity index (χ2v) is 9.53. The molecule has 1 aliphatic heterocycles. The molecule has 3 amide bonds. The van der Waals surface area contributed by atoms with Gasteiger partial charge in [0.2, 0.25) is 5.91 Å². The van der Waals surface area contributed by atoms with Crippen molar-refractivity contribution in [3.05, 3.63) is 59.1 Å². The number of ether oxygens (including phenoxy) is 1. The normalized spacial score (nSPS) is 23.5. The maximum atomic E-state index is 13.4. The molecule has 3 atom stereocenters. The van der Waals surface area contributed by atoms with Crippen molar-refractivity contribution < 1.29 is 19.1 Å². The van der Waals surface area contributed by atoms with Crippen molar-refractivity contribution in [3.8, 4) is 5.75 Å². The largest absolute Gasteiger partial charge is 0.497 e. The molecule has 0 N–H and O–H groups in total. The predicted molar refractivity (Wildman–Crippen MR) is 122 cm³/mol. The Morgan fingerprint density at radius 2 is 1.77 bits per heavy atom. The molecule has 6 nitrogen and oxygen atoms in total. The van der Waals surface area contributed by atoms with Crippen LogP contribution in [0, 0.1) is 5.92 Å². The van der Waals surface area contributed by atoms with Gasteiger partial charge in [0.25, 0.3) is 0 Å². The van der Waals surface area contributed by atoms with Crippen molar-refractivity contribution in [2.24, 2.45) is 5.92 Å². The number of anilines is 1. The van der Waals surface area contributed by atoms with Gasteiger partial charge in [0.15, 0.2) is 5.78 Å². The maximum Gasteiger partial charge on any atom is 0.332 e. The first-order valence-corrected chi connectivity index (χ1v) is 11.4. The van der Waals surface area contributed by atoms with Crippen molar-refractivity contribution in [3.63, 3.8) is 0 Å². The Morgan fingerprint density at radius 1 is 1.10 bits per heavy atom. The second kappa shape index (κ2) is 9.01. The molecular weight excluding hydrogens is 484 g/mol. The van der Waals surface area contributed by atoms with E-state index < -0.39 is 6.03 Å². The van der Waals surface area contributed by atoms with E-state index in [0.717, 1.165) is 6.42 Å². The van der Waals surface area contributed by atoms with Gasteiger partial charge in [-0.2, -0.15) is 0 Å². The SMILES string of the molecule is COc1ccc(C(=O)CN2C(=O)N(c3ccc(Cl)cc3)C(=O)C3CC(Br)CCC32)cc1. The number of benzene rings is 2. The summed E-state index contributed by atoms with van der Waals surface area (Å²) < 4.78 is 5.15. The van der Waals surface area contributed by atoms with E-state index in [2.05, 4.69) is 15.9 Å². The lowest BCUT2D eigenvalue weighted by Gasteiger charge is -2.47. The molecule has 2 fully saturated rings. The molecule has 2 aliphatic rings. The van der Waals surface area contributed by atoms with Crippen LogP contribution < -0.4 is 9.64 Å². The zero-order valence-electron chi connectivity index (χ0n) is 17.0. The van der Waals surface area contributed by atoms with Crippen molar-refractivity contribution >= 4 is 50.9 Å². The Kier molecular flexibility index (Phi) is 6.34. The van der Waals surface area contributed by atoms with Crippen LogP contribution in [0.4, 0.5) is 10.5 Å². The zero-order valence-corrected chi connectivity index (χ0v) is 19.3. The van der Waals surface area contributed by atoms with E-state index >= 15 is 0 Å². The van der Waals surface area contributed by atoms with E-state index in [0.29, 0.717) is 34.9 Å². The third kappa shape index (κ3) is 4.34. The van der Waals surface area contributed by atoms with Gasteiger partial charge in [0.1, 0.15) is 5.75 Å². The third-order valence-corrected chi connectivity index (χ3v) is 7.02. The van der Waals surface area contributed by atoms with Crippen molar-refractivity contribution in [2.45, 2.75) is 30.1 Å². The van der Waals surface area contributed by atoms with Gasteiger partial charge in [0, 0.05) is 21.5 Å². The first-order chi connectivity index (χ1) is 14.9. The molecule has 162 valence electrons. The predicted octanol–water partition coefficient (Wildman–Crippen LogP) is 4.93. The number of hydrogen-bond donors (Lipinski definition) is 0. The van der Waals surface area contributed by atoms with Crippen LogP contribution in [0.2, 0.25) is 5.02 Å². The minimum Gasteiger partial charge on any atom is -0.497 e. The third-order valence-electron chi connectivity index (χ3n) is 5.94. The number of imide groups is 1. The Labute approximate surface area is 194 Å². The highest BCUT2D eigenvalue weighted by atomic mass is 79.9. The molecular formula is C23H22BrClN2O4. The first kappa shape index (κ1) is 21.8. The number of halogens is 2. The van der Waals surface area contributed by atoms with Gasteiger partial charge in [-0.05, 0) is 67.8 Å². The van der Waals surface area contributed by atoms with E-state index in [4.69, 9.17) is 16.3 Å². The molecule has 8 heteroatoms. The van der Waals surface area contributed by atoms with Crippen LogP contribution in [-0.2, 0) is 4.79 Å². The number of ketones is 1. The number of carbonyl (C=O) groups is 3. The van der Waals surface area contributed by atoms with Crippen LogP contribution in [0.1, 0.15) is 29.6 Å². The average molecular weight is 506 g/mol. The average Bonchev–Trinajstić information content (AvgIpc) is 2.78. The quantitative estimate of drug-likeness (QED) is 0.427. The molecule has 0 bridgehead atoms. The van der Waals surface area contributed by atoms with Crippen LogP contribution in [0.5, 0.6) is 5.75 Å². The summed E-state index contributed by atoms with van der Waals surface area (Å²) >= 11 is 9.61. The molecule has 1 heterocycles. The van der Waals surface area contributed by atoms with Gasteiger partial charge >= 0.3 is 6.03 Å². The van der Waals surface area contributed by atoms with Crippen LogP contribution in [0.3, 0.4) is 0 Å². The Hall–Kier alpha value is -2.38. The minimum atomic E-state index is -0.469. The van der Waals surface area contributed by atoms with Crippen LogP contribution >= 0.6 is 27.5 Å². The molecule has 1 aliphatic carbocycles. The molecule has 1 saturated carbocycles. The summed E-state index contributed by atoms with van der Waals surface area (Å²) in [4.78, 5) is 42.7. The highest BCUT2D eigenvalue weighted by Gasteiger charge is 2.49. The molecule has 2 aromatic carbocycles. The lowest BCUT2D eigenvalue weighted by molar-refractivity contribution is -0.126. The number of alkyl halides is 1. The summed E-state index contributed by atoms with van der Waals surface area (Å²) in [5, 5.41) is 0.517. The second-order valence-electron chi connectivity index (χ2n) is 7.80. The van der Waals surface area contributed by atoms with Crippen LogP contribution in [-0.4, -0.2) is 47.1 Å². The molecule has 31 heavy (non-hydrogen) atoms. The summed E-state index contributed by atoms with van der Waals surface area (Å²) in [5.74, 6) is -0.119. The van der Waals surface area contributed by atoms with Crippen LogP contribution in [0.25, 0.3) is 0 Å². The summed E-state index contributed by atoms with van der Waals surface area (Å²) in [6.07, 6.45) is 2.13. The number of nitrogens with zero attached hydrogens (tertiary/aromatic N) is 2. The van der Waals surface area contributed by atoms with Crippen molar-refractivity contribution in [1.29, 1.82) is 0 Å². The summed E-state index contributed by atoms with van der Waals surface area (Å²) in [6, 6.07) is 12.6. The number of amides is 3. The minimum absolute atomic E-state index is 0.0867. The highest BCUT2D eigenvalue weighted by Crippen LogP contribution is 2.39. The zero-order chi connectivity index (χ0) is 22.1. The van der Waals surface area contributed by atoms with E-state index in [9.17, 15) is 14.4 Å². The van der Waals surface area contributed by atoms with Gasteiger partial charge in [-0.25, -0.2) is 9.69 Å². The van der Waals surface area contributed by atoms with Crippen molar-refractivity contribution in [2.75, 3.05) is 18.6 Å². The highest BCUT2D eigenvalue weighted by molar-refractivity contribution is 9.09. The Morgan fingerprint density at radius 3 is 2.42 bits per heavy atom. The molecule has 4 rings (SSSR count). The fraction of sp³-hybridized carbons (Fsp3) is 0.348. The Bertz CT molecular complexity index is 996.